The molecule has 25 heavy (non-hydrogen) atoms. The Labute approximate surface area is 146 Å². The van der Waals surface area contributed by atoms with Gasteiger partial charge in [-0.1, -0.05) is 25.6 Å². The highest BCUT2D eigenvalue weighted by Crippen LogP contribution is 2.32. The van der Waals surface area contributed by atoms with Crippen molar-refractivity contribution in [2.24, 2.45) is 0 Å². The van der Waals surface area contributed by atoms with Crippen LogP contribution < -0.4 is 9.47 Å². The number of rotatable bonds is 6. The van der Waals surface area contributed by atoms with E-state index in [1.165, 1.54) is 7.11 Å². The first kappa shape index (κ1) is 21.4. The standard InChI is InChI=1S/C16H22O8.CH4/c1-22-11-7-9(3-2-6-17)4-5-10(11)23-16-15(21)14(20)13(19)12(8-18)24-16;/h2-5,7,12-21H,6,8H2,1H3;1H4/b3-2+;/t12-,13-,14+,15-,16-;/m1./s1. The smallest absolute Gasteiger partial charge is 0.229 e. The van der Waals surface area contributed by atoms with E-state index in [4.69, 9.17) is 19.3 Å². The van der Waals surface area contributed by atoms with Gasteiger partial charge in [0, 0.05) is 0 Å². The summed E-state index contributed by atoms with van der Waals surface area (Å²) in [6.45, 7) is -0.627. The molecule has 0 radical (unpaired) electrons. The summed E-state index contributed by atoms with van der Waals surface area (Å²) in [7, 11) is 1.44. The molecule has 8 nitrogen and oxygen atoms in total. The molecule has 0 spiro atoms. The molecule has 0 unspecified atom stereocenters. The molecule has 1 aromatic carbocycles. The lowest BCUT2D eigenvalue weighted by molar-refractivity contribution is -0.277. The van der Waals surface area contributed by atoms with E-state index in [1.807, 2.05) is 0 Å². The molecule has 5 atom stereocenters. The van der Waals surface area contributed by atoms with Crippen molar-refractivity contribution in [3.05, 3.63) is 29.8 Å². The lowest BCUT2D eigenvalue weighted by Crippen LogP contribution is -2.60. The molecule has 8 heteroatoms. The molecule has 0 aromatic heterocycles. The van der Waals surface area contributed by atoms with Crippen LogP contribution in [0.2, 0.25) is 0 Å². The summed E-state index contributed by atoms with van der Waals surface area (Å²) in [4.78, 5) is 0. The predicted molar refractivity (Wildman–Crippen MR) is 90.2 cm³/mol. The van der Waals surface area contributed by atoms with Crippen LogP contribution in [0.5, 0.6) is 11.5 Å². The lowest BCUT2D eigenvalue weighted by atomic mass is 9.99. The maximum atomic E-state index is 10.00. The molecule has 1 aliphatic heterocycles. The molecule has 1 aromatic rings. The van der Waals surface area contributed by atoms with E-state index in [0.29, 0.717) is 5.75 Å². The third kappa shape index (κ3) is 4.91. The Hall–Kier alpha value is -1.68. The zero-order valence-electron chi connectivity index (χ0n) is 13.1. The molecule has 1 heterocycles. The monoisotopic (exact) mass is 358 g/mol. The van der Waals surface area contributed by atoms with E-state index in [0.717, 1.165) is 5.56 Å². The fourth-order valence-corrected chi connectivity index (χ4v) is 2.36. The van der Waals surface area contributed by atoms with Crippen molar-refractivity contribution in [2.75, 3.05) is 20.3 Å². The maximum Gasteiger partial charge on any atom is 0.229 e. The van der Waals surface area contributed by atoms with Crippen LogP contribution in [0.1, 0.15) is 13.0 Å². The second kappa shape index (κ2) is 9.71. The number of hydrogen-bond donors (Lipinski definition) is 5. The molecule has 2 rings (SSSR count). The van der Waals surface area contributed by atoms with Gasteiger partial charge in [0.2, 0.25) is 6.29 Å². The minimum absolute atomic E-state index is 0. The second-order valence-corrected chi connectivity index (χ2v) is 5.31. The van der Waals surface area contributed by atoms with Crippen molar-refractivity contribution in [3.8, 4) is 11.5 Å². The van der Waals surface area contributed by atoms with Gasteiger partial charge < -0.3 is 39.7 Å². The van der Waals surface area contributed by atoms with Crippen LogP contribution in [-0.4, -0.2) is 76.6 Å². The van der Waals surface area contributed by atoms with Gasteiger partial charge in [0.05, 0.1) is 20.3 Å². The van der Waals surface area contributed by atoms with Gasteiger partial charge in [0.1, 0.15) is 24.4 Å². The van der Waals surface area contributed by atoms with E-state index in [-0.39, 0.29) is 19.8 Å². The Bertz CT molecular complexity index is 560. The van der Waals surface area contributed by atoms with Crippen LogP contribution in [-0.2, 0) is 4.74 Å². The quantitative estimate of drug-likeness (QED) is 0.461. The third-order valence-electron chi connectivity index (χ3n) is 3.69. The Morgan fingerprint density at radius 2 is 1.80 bits per heavy atom. The van der Waals surface area contributed by atoms with Crippen LogP contribution in [0.3, 0.4) is 0 Å². The van der Waals surface area contributed by atoms with Crippen molar-refractivity contribution in [1.82, 2.24) is 0 Å². The molecule has 1 saturated heterocycles. The normalized spacial score (nSPS) is 29.3. The second-order valence-electron chi connectivity index (χ2n) is 5.31. The van der Waals surface area contributed by atoms with E-state index in [2.05, 4.69) is 0 Å². The summed E-state index contributed by atoms with van der Waals surface area (Å²) in [5.41, 5.74) is 0.766. The average Bonchev–Trinajstić information content (AvgIpc) is 2.61. The van der Waals surface area contributed by atoms with Gasteiger partial charge in [-0.2, -0.15) is 0 Å². The molecule has 142 valence electrons. The number of ether oxygens (including phenoxy) is 3. The minimum Gasteiger partial charge on any atom is -0.493 e. The molecular formula is C17H26O8. The van der Waals surface area contributed by atoms with Gasteiger partial charge >= 0.3 is 0 Å². The van der Waals surface area contributed by atoms with Crippen molar-refractivity contribution in [3.63, 3.8) is 0 Å². The fourth-order valence-electron chi connectivity index (χ4n) is 2.36. The molecule has 0 bridgehead atoms. The highest BCUT2D eigenvalue weighted by atomic mass is 16.7. The summed E-state index contributed by atoms with van der Waals surface area (Å²) in [5.74, 6) is 0.607. The zero-order chi connectivity index (χ0) is 17.7. The fraction of sp³-hybridized carbons (Fsp3) is 0.529. The van der Waals surface area contributed by atoms with E-state index in [1.54, 1.807) is 30.4 Å². The van der Waals surface area contributed by atoms with Crippen LogP contribution in [0.25, 0.3) is 6.08 Å². The van der Waals surface area contributed by atoms with Crippen LogP contribution in [0, 0.1) is 0 Å². The largest absolute Gasteiger partial charge is 0.493 e. The van der Waals surface area contributed by atoms with Crippen molar-refractivity contribution < 1.29 is 39.7 Å². The van der Waals surface area contributed by atoms with Crippen molar-refractivity contribution >= 4 is 6.08 Å². The number of methoxy groups -OCH3 is 1. The summed E-state index contributed by atoms with van der Waals surface area (Å²) in [6, 6.07) is 4.94. The molecule has 0 aliphatic carbocycles. The number of benzene rings is 1. The molecule has 1 aliphatic rings. The van der Waals surface area contributed by atoms with E-state index in [9.17, 15) is 20.4 Å². The molecule has 0 amide bonds. The van der Waals surface area contributed by atoms with Gasteiger partial charge in [-0.15, -0.1) is 0 Å². The topological polar surface area (TPSA) is 129 Å². The van der Waals surface area contributed by atoms with E-state index >= 15 is 0 Å². The maximum absolute atomic E-state index is 10.00. The summed E-state index contributed by atoms with van der Waals surface area (Å²) >= 11 is 0. The first-order chi connectivity index (χ1) is 11.5. The first-order valence-electron chi connectivity index (χ1n) is 7.44. The molecular weight excluding hydrogens is 332 g/mol. The average molecular weight is 358 g/mol. The Kier molecular flexibility index (Phi) is 8.30. The van der Waals surface area contributed by atoms with Crippen LogP contribution in [0.4, 0.5) is 0 Å². The summed E-state index contributed by atoms with van der Waals surface area (Å²) in [6.07, 6.45) is -3.54. The minimum atomic E-state index is -1.52. The third-order valence-corrected chi connectivity index (χ3v) is 3.69. The van der Waals surface area contributed by atoms with Gasteiger partial charge in [-0.3, -0.25) is 0 Å². The van der Waals surface area contributed by atoms with Crippen LogP contribution in [0.15, 0.2) is 24.3 Å². The summed E-state index contributed by atoms with van der Waals surface area (Å²) in [5, 5.41) is 47.5. The van der Waals surface area contributed by atoms with Crippen LogP contribution >= 0.6 is 0 Å². The Morgan fingerprint density at radius 3 is 2.40 bits per heavy atom. The lowest BCUT2D eigenvalue weighted by Gasteiger charge is -2.39. The highest BCUT2D eigenvalue weighted by Gasteiger charge is 2.44. The Morgan fingerprint density at radius 1 is 1.08 bits per heavy atom. The van der Waals surface area contributed by atoms with Crippen molar-refractivity contribution in [1.29, 1.82) is 0 Å². The van der Waals surface area contributed by atoms with Gasteiger partial charge in [0.15, 0.2) is 11.5 Å². The molecule has 1 fully saturated rings. The summed E-state index contributed by atoms with van der Waals surface area (Å²) < 4.78 is 16.1. The predicted octanol–water partition coefficient (Wildman–Crippen LogP) is -0.485. The Balaban J connectivity index is 0.00000312. The number of aliphatic hydroxyl groups is 5. The molecule has 0 saturated carbocycles. The van der Waals surface area contributed by atoms with Gasteiger partial charge in [0.25, 0.3) is 0 Å². The van der Waals surface area contributed by atoms with E-state index < -0.39 is 37.3 Å². The SMILES string of the molecule is C.COc1cc(/C=C/CO)ccc1O[C@@H]1O[C@H](CO)[C@@H](O)[C@H](O)[C@H]1O. The first-order valence-corrected chi connectivity index (χ1v) is 7.44. The van der Waals surface area contributed by atoms with Crippen molar-refractivity contribution in [2.45, 2.75) is 38.1 Å². The zero-order valence-corrected chi connectivity index (χ0v) is 13.1. The number of aliphatic hydroxyl groups excluding tert-OH is 5. The number of hydrogen-bond acceptors (Lipinski definition) is 8. The van der Waals surface area contributed by atoms with Gasteiger partial charge in [-0.05, 0) is 17.7 Å². The highest BCUT2D eigenvalue weighted by molar-refractivity contribution is 5.55. The molecule has 5 N–H and O–H groups in total. The van der Waals surface area contributed by atoms with Gasteiger partial charge in [-0.25, -0.2) is 0 Å².